The van der Waals surface area contributed by atoms with Crippen LogP contribution >= 0.6 is 0 Å². The van der Waals surface area contributed by atoms with Crippen molar-refractivity contribution in [2.45, 2.75) is 77.6 Å². The summed E-state index contributed by atoms with van der Waals surface area (Å²) in [6.07, 6.45) is -0.340. The molecule has 1 aliphatic carbocycles. The fraction of sp³-hybridized carbons (Fsp3) is 0.438. The molecule has 4 rings (SSSR count). The number of amides is 4. The molecule has 6 N–H and O–H groups in total. The van der Waals surface area contributed by atoms with Gasteiger partial charge in [-0.15, -0.1) is 0 Å². The first-order chi connectivity index (χ1) is 20.0. The Bertz CT molecular complexity index is 1440. The highest BCUT2D eigenvalue weighted by atomic mass is 16.6. The Kier molecular flexibility index (Phi) is 9.55. The predicted molar refractivity (Wildman–Crippen MR) is 160 cm³/mol. The summed E-state index contributed by atoms with van der Waals surface area (Å²) < 4.78 is 5.66. The van der Waals surface area contributed by atoms with Gasteiger partial charge in [0.2, 0.25) is 11.8 Å². The van der Waals surface area contributed by atoms with E-state index in [9.17, 15) is 19.2 Å². The van der Waals surface area contributed by atoms with E-state index in [1.807, 2.05) is 68.4 Å². The summed E-state index contributed by atoms with van der Waals surface area (Å²) in [5, 5.41) is 9.45. The maximum absolute atomic E-state index is 14.0. The van der Waals surface area contributed by atoms with Crippen molar-refractivity contribution in [3.63, 3.8) is 0 Å². The largest absolute Gasteiger partial charge is 0.436 e. The molecule has 4 atom stereocenters. The monoisotopic (exact) mass is 575 g/mol. The Morgan fingerprint density at radius 2 is 1.71 bits per heavy atom. The third kappa shape index (κ3) is 6.75. The van der Waals surface area contributed by atoms with Gasteiger partial charge < -0.3 is 31.4 Å². The number of alkyl carbamates (subject to hydrolysis) is 1. The van der Waals surface area contributed by atoms with Crippen molar-refractivity contribution < 1.29 is 23.9 Å². The van der Waals surface area contributed by atoms with Gasteiger partial charge in [0.25, 0.3) is 5.91 Å². The number of primary amides is 1. The lowest BCUT2D eigenvalue weighted by Gasteiger charge is -2.39. The smallest absolute Gasteiger partial charge is 0.408 e. The third-order valence-electron chi connectivity index (χ3n) is 8.17. The van der Waals surface area contributed by atoms with Gasteiger partial charge in [0.15, 0.2) is 6.10 Å². The molecule has 10 nitrogen and oxygen atoms in total. The Hall–Kier alpha value is -4.34. The third-order valence-corrected chi connectivity index (χ3v) is 8.17. The van der Waals surface area contributed by atoms with Crippen LogP contribution in [0.1, 0.15) is 57.4 Å². The maximum Gasteiger partial charge on any atom is 0.408 e. The van der Waals surface area contributed by atoms with Gasteiger partial charge in [-0.1, -0.05) is 76.2 Å². The van der Waals surface area contributed by atoms with Gasteiger partial charge in [0, 0.05) is 35.5 Å². The molecule has 0 saturated heterocycles. The fourth-order valence-electron chi connectivity index (χ4n) is 5.48. The van der Waals surface area contributed by atoms with Crippen molar-refractivity contribution in [3.8, 4) is 0 Å². The Morgan fingerprint density at radius 3 is 2.38 bits per heavy atom. The van der Waals surface area contributed by atoms with E-state index in [0.717, 1.165) is 27.7 Å². The zero-order valence-corrected chi connectivity index (χ0v) is 24.7. The van der Waals surface area contributed by atoms with Crippen molar-refractivity contribution in [2.75, 3.05) is 0 Å². The molecular formula is C32H41N5O5. The second-order valence-electron chi connectivity index (χ2n) is 11.5. The standard InChI is InChI=1S/C32H41N5O5/c1-5-20(4)27(42-31(41)34-18-21-11-7-6-8-12-21)29(39)37-32(30(40)36-26(19(2)3)28(33)38)16-15-25-23(17-32)22-13-9-10-14-24(22)35-25/h6-14,19-20,26-27,35H,5,15-18H2,1-4H3,(H2,33,38)(H,34,41)(H,36,40)(H,37,39)/t20-,26-,27?,32+/m0/s1. The summed E-state index contributed by atoms with van der Waals surface area (Å²) in [5.41, 5.74) is 7.98. The van der Waals surface area contributed by atoms with Gasteiger partial charge in [-0.3, -0.25) is 14.4 Å². The van der Waals surface area contributed by atoms with Gasteiger partial charge >= 0.3 is 6.09 Å². The highest BCUT2D eigenvalue weighted by molar-refractivity contribution is 5.97. The number of aryl methyl sites for hydroxylation is 1. The molecule has 1 aromatic heterocycles. The number of para-hydroxylation sites is 1. The number of H-pyrrole nitrogens is 1. The molecule has 3 aromatic rings. The number of benzene rings is 2. The molecule has 0 radical (unpaired) electrons. The number of carbonyl (C=O) groups is 4. The van der Waals surface area contributed by atoms with Crippen molar-refractivity contribution in [3.05, 3.63) is 71.4 Å². The first kappa shape index (κ1) is 30.6. The number of rotatable bonds is 11. The molecule has 4 amide bonds. The maximum atomic E-state index is 14.0. The average molecular weight is 576 g/mol. The number of hydrogen-bond donors (Lipinski definition) is 5. The molecule has 0 fully saturated rings. The topological polar surface area (TPSA) is 155 Å². The van der Waals surface area contributed by atoms with Crippen molar-refractivity contribution in [2.24, 2.45) is 17.6 Å². The van der Waals surface area contributed by atoms with Crippen molar-refractivity contribution in [1.29, 1.82) is 0 Å². The van der Waals surface area contributed by atoms with Gasteiger partial charge in [-0.05, 0) is 42.4 Å². The van der Waals surface area contributed by atoms with E-state index in [1.165, 1.54) is 0 Å². The zero-order valence-electron chi connectivity index (χ0n) is 24.7. The van der Waals surface area contributed by atoms with Crippen molar-refractivity contribution >= 4 is 34.7 Å². The van der Waals surface area contributed by atoms with Crippen LogP contribution in [0.2, 0.25) is 0 Å². The number of nitrogens with two attached hydrogens (primary N) is 1. The second-order valence-corrected chi connectivity index (χ2v) is 11.5. The number of ether oxygens (including phenoxy) is 1. The van der Waals surface area contributed by atoms with Gasteiger partial charge in [-0.2, -0.15) is 0 Å². The molecule has 1 heterocycles. The number of carbonyl (C=O) groups excluding carboxylic acids is 4. The molecule has 42 heavy (non-hydrogen) atoms. The van der Waals surface area contributed by atoms with Gasteiger partial charge in [0.1, 0.15) is 11.6 Å². The van der Waals surface area contributed by atoms with Crippen LogP contribution in [0.4, 0.5) is 4.79 Å². The molecule has 0 saturated carbocycles. The lowest BCUT2D eigenvalue weighted by Crippen LogP contribution is -2.66. The number of fused-ring (bicyclic) bond motifs is 3. The SMILES string of the molecule is CC[C@H](C)C(OC(=O)NCc1ccccc1)C(=O)N[C@]1(C(=O)N[C@H](C(N)=O)C(C)C)CCc2[nH]c3ccccc3c2C1. The molecule has 224 valence electrons. The van der Waals surface area contributed by atoms with E-state index in [1.54, 1.807) is 13.8 Å². The normalized spacial score (nSPS) is 18.4. The predicted octanol–water partition coefficient (Wildman–Crippen LogP) is 3.48. The minimum absolute atomic E-state index is 0.195. The average Bonchev–Trinajstić information content (AvgIpc) is 3.34. The number of aromatic amines is 1. The van der Waals surface area contributed by atoms with E-state index in [4.69, 9.17) is 10.5 Å². The van der Waals surface area contributed by atoms with Crippen LogP contribution in [-0.4, -0.2) is 46.5 Å². The van der Waals surface area contributed by atoms with Gasteiger partial charge in [0.05, 0.1) is 0 Å². The van der Waals surface area contributed by atoms with Crippen molar-refractivity contribution in [1.82, 2.24) is 20.9 Å². The summed E-state index contributed by atoms with van der Waals surface area (Å²) in [4.78, 5) is 56.3. The van der Waals surface area contributed by atoms with E-state index < -0.39 is 41.5 Å². The van der Waals surface area contributed by atoms with E-state index in [0.29, 0.717) is 12.8 Å². The molecular weight excluding hydrogens is 534 g/mol. The summed E-state index contributed by atoms with van der Waals surface area (Å²) in [6, 6.07) is 16.3. The first-order valence-electron chi connectivity index (χ1n) is 14.5. The minimum Gasteiger partial charge on any atom is -0.436 e. The van der Waals surface area contributed by atoms with Crippen LogP contribution in [0.25, 0.3) is 10.9 Å². The summed E-state index contributed by atoms with van der Waals surface area (Å²) in [5.74, 6) is -2.30. The Balaban J connectivity index is 1.61. The number of nitrogens with one attached hydrogen (secondary N) is 4. The molecule has 2 aromatic carbocycles. The molecule has 0 bridgehead atoms. The molecule has 0 spiro atoms. The molecule has 1 unspecified atom stereocenters. The van der Waals surface area contributed by atoms with Crippen LogP contribution in [0.15, 0.2) is 54.6 Å². The lowest BCUT2D eigenvalue weighted by atomic mass is 9.78. The Morgan fingerprint density at radius 1 is 1.02 bits per heavy atom. The van der Waals surface area contributed by atoms with Crippen LogP contribution in [0.5, 0.6) is 0 Å². The Labute approximate surface area is 246 Å². The van der Waals surface area contributed by atoms with Crippen LogP contribution in [0.3, 0.4) is 0 Å². The number of aromatic nitrogens is 1. The highest BCUT2D eigenvalue weighted by Gasteiger charge is 2.46. The summed E-state index contributed by atoms with van der Waals surface area (Å²) in [6.45, 7) is 7.55. The molecule has 0 aliphatic heterocycles. The highest BCUT2D eigenvalue weighted by Crippen LogP contribution is 2.35. The molecule has 1 aliphatic rings. The lowest BCUT2D eigenvalue weighted by molar-refractivity contribution is -0.141. The fourth-order valence-corrected chi connectivity index (χ4v) is 5.48. The quantitative estimate of drug-likeness (QED) is 0.237. The van der Waals surface area contributed by atoms with E-state index in [-0.39, 0.29) is 31.2 Å². The summed E-state index contributed by atoms with van der Waals surface area (Å²) >= 11 is 0. The minimum atomic E-state index is -1.40. The van der Waals surface area contributed by atoms with E-state index in [2.05, 4.69) is 20.9 Å². The van der Waals surface area contributed by atoms with Gasteiger partial charge in [-0.25, -0.2) is 4.79 Å². The van der Waals surface area contributed by atoms with Crippen LogP contribution < -0.4 is 21.7 Å². The number of hydrogen-bond acceptors (Lipinski definition) is 5. The zero-order chi connectivity index (χ0) is 30.4. The van der Waals surface area contributed by atoms with Crippen LogP contribution in [-0.2, 0) is 38.5 Å². The summed E-state index contributed by atoms with van der Waals surface area (Å²) in [7, 11) is 0. The van der Waals surface area contributed by atoms with E-state index >= 15 is 0 Å². The first-order valence-corrected chi connectivity index (χ1v) is 14.5. The molecule has 10 heteroatoms. The van der Waals surface area contributed by atoms with Crippen LogP contribution in [0, 0.1) is 11.8 Å². The second kappa shape index (κ2) is 13.1.